The molecule has 1 aromatic rings. The van der Waals surface area contributed by atoms with Gasteiger partial charge in [0.05, 0.1) is 4.90 Å². The topological polar surface area (TPSA) is 77.2 Å². The summed E-state index contributed by atoms with van der Waals surface area (Å²) < 4.78 is 21.8. The van der Waals surface area contributed by atoms with E-state index in [0.29, 0.717) is 0 Å². The first-order valence-corrected chi connectivity index (χ1v) is 5.98. The molecule has 0 saturated carbocycles. The zero-order valence-corrected chi connectivity index (χ0v) is 8.89. The fourth-order valence-electron chi connectivity index (χ4n) is 1.01. The predicted octanol–water partition coefficient (Wildman–Crippen LogP) is 1.40. The minimum absolute atomic E-state index is 0.110. The number of nitrogens with two attached hydrogens (primary N) is 1. The Kier molecular flexibility index (Phi) is 2.82. The number of nitrogen functional groups attached to an aromatic ring is 1. The molecule has 0 heterocycles. The third kappa shape index (κ3) is 2.24. The molecule has 1 rings (SSSR count). The molecule has 0 bridgehead atoms. The number of halogens is 1. The van der Waals surface area contributed by atoms with E-state index in [9.17, 15) is 13.2 Å². The Morgan fingerprint density at radius 1 is 1.43 bits per heavy atom. The lowest BCUT2D eigenvalue weighted by molar-refractivity contribution is 0.101. The Hall–Kier alpha value is -1.07. The number of Topliss-reactive ketones (excluding diaryl/α,β-unsaturated/α-hetero) is 1. The van der Waals surface area contributed by atoms with Crippen LogP contribution < -0.4 is 5.73 Å². The van der Waals surface area contributed by atoms with E-state index >= 15 is 0 Å². The monoisotopic (exact) mass is 233 g/mol. The van der Waals surface area contributed by atoms with Gasteiger partial charge in [0, 0.05) is 21.9 Å². The zero-order valence-electron chi connectivity index (χ0n) is 7.32. The summed E-state index contributed by atoms with van der Waals surface area (Å²) in [6, 6.07) is 3.75. The molecule has 0 aliphatic rings. The minimum atomic E-state index is -3.79. The summed E-state index contributed by atoms with van der Waals surface area (Å²) in [5, 5.41) is 0. The maximum Gasteiger partial charge on any atom is 0.261 e. The Balaban J connectivity index is 3.34. The zero-order chi connectivity index (χ0) is 10.9. The van der Waals surface area contributed by atoms with Gasteiger partial charge in [-0.1, -0.05) is 0 Å². The molecule has 0 fully saturated rings. The number of anilines is 1. The molecule has 6 heteroatoms. The van der Waals surface area contributed by atoms with Crippen molar-refractivity contribution in [1.82, 2.24) is 0 Å². The average Bonchev–Trinajstić information content (AvgIpc) is 2.01. The van der Waals surface area contributed by atoms with E-state index in [1.54, 1.807) is 0 Å². The first kappa shape index (κ1) is 11.0. The van der Waals surface area contributed by atoms with Gasteiger partial charge in [0.15, 0.2) is 5.78 Å². The highest BCUT2D eigenvalue weighted by atomic mass is 35.7. The summed E-state index contributed by atoms with van der Waals surface area (Å²) in [5.74, 6) is -0.221. The number of rotatable bonds is 2. The maximum absolute atomic E-state index is 11.0. The van der Waals surface area contributed by atoms with Crippen LogP contribution in [0.4, 0.5) is 5.69 Å². The molecule has 0 atom stereocenters. The molecular weight excluding hydrogens is 226 g/mol. The van der Waals surface area contributed by atoms with E-state index in [1.807, 2.05) is 0 Å². The summed E-state index contributed by atoms with van der Waals surface area (Å²) >= 11 is 0. The van der Waals surface area contributed by atoms with Gasteiger partial charge in [-0.3, -0.25) is 4.79 Å². The first-order valence-electron chi connectivity index (χ1n) is 3.67. The summed E-state index contributed by atoms with van der Waals surface area (Å²) in [5.41, 5.74) is 5.87. The molecule has 1 aromatic carbocycles. The van der Waals surface area contributed by atoms with E-state index in [4.69, 9.17) is 16.4 Å². The fraction of sp³-hybridized carbons (Fsp3) is 0.125. The van der Waals surface area contributed by atoms with Crippen LogP contribution in [0.15, 0.2) is 23.1 Å². The molecule has 14 heavy (non-hydrogen) atoms. The van der Waals surface area contributed by atoms with Crippen LogP contribution in [-0.2, 0) is 9.05 Å². The van der Waals surface area contributed by atoms with Crippen molar-refractivity contribution in [2.75, 3.05) is 5.73 Å². The van der Waals surface area contributed by atoms with Crippen LogP contribution in [0.5, 0.6) is 0 Å². The average molecular weight is 234 g/mol. The molecule has 0 aliphatic heterocycles. The Labute approximate surface area is 86.1 Å². The van der Waals surface area contributed by atoms with E-state index < -0.39 is 9.05 Å². The Morgan fingerprint density at radius 3 is 2.36 bits per heavy atom. The van der Waals surface area contributed by atoms with Crippen LogP contribution in [0.25, 0.3) is 0 Å². The first-order chi connectivity index (χ1) is 6.32. The van der Waals surface area contributed by atoms with Crippen molar-refractivity contribution in [2.45, 2.75) is 11.8 Å². The molecule has 0 unspecified atom stereocenters. The van der Waals surface area contributed by atoms with Crippen molar-refractivity contribution >= 4 is 31.2 Å². The van der Waals surface area contributed by atoms with E-state index in [0.717, 1.165) is 0 Å². The van der Waals surface area contributed by atoms with Crippen LogP contribution in [0.1, 0.15) is 17.3 Å². The second-order valence-electron chi connectivity index (χ2n) is 2.74. The van der Waals surface area contributed by atoms with Gasteiger partial charge in [-0.25, -0.2) is 8.42 Å². The highest BCUT2D eigenvalue weighted by Crippen LogP contribution is 2.21. The maximum atomic E-state index is 11.0. The highest BCUT2D eigenvalue weighted by Gasteiger charge is 2.13. The Morgan fingerprint density at radius 2 is 2.00 bits per heavy atom. The largest absolute Gasteiger partial charge is 0.398 e. The van der Waals surface area contributed by atoms with Gasteiger partial charge in [-0.15, -0.1) is 0 Å². The molecular formula is C8H8ClNO3S. The SMILES string of the molecule is CC(=O)c1ccc(S(=O)(=O)Cl)cc1N. The van der Waals surface area contributed by atoms with Gasteiger partial charge in [-0.2, -0.15) is 0 Å². The molecule has 0 aliphatic carbocycles. The van der Waals surface area contributed by atoms with Gasteiger partial charge in [0.2, 0.25) is 0 Å². The molecule has 0 amide bonds. The van der Waals surface area contributed by atoms with Crippen molar-refractivity contribution in [3.05, 3.63) is 23.8 Å². The second kappa shape index (κ2) is 3.59. The Bertz CT molecular complexity index is 481. The fourth-order valence-corrected chi connectivity index (χ4v) is 1.80. The van der Waals surface area contributed by atoms with E-state index in [2.05, 4.69) is 0 Å². The van der Waals surface area contributed by atoms with Gasteiger partial charge >= 0.3 is 0 Å². The number of carbonyl (C=O) groups excluding carboxylic acids is 1. The lowest BCUT2D eigenvalue weighted by atomic mass is 10.1. The van der Waals surface area contributed by atoms with Gasteiger partial charge in [0.25, 0.3) is 9.05 Å². The van der Waals surface area contributed by atoms with Crippen molar-refractivity contribution in [1.29, 1.82) is 0 Å². The van der Waals surface area contributed by atoms with Gasteiger partial charge < -0.3 is 5.73 Å². The number of ketones is 1. The summed E-state index contributed by atoms with van der Waals surface area (Å²) in [4.78, 5) is 10.9. The predicted molar refractivity (Wildman–Crippen MR) is 53.9 cm³/mol. The molecule has 0 saturated heterocycles. The van der Waals surface area contributed by atoms with Crippen LogP contribution in [-0.4, -0.2) is 14.2 Å². The third-order valence-electron chi connectivity index (χ3n) is 1.68. The number of hydrogen-bond acceptors (Lipinski definition) is 4. The summed E-state index contributed by atoms with van der Waals surface area (Å²) in [6.07, 6.45) is 0. The second-order valence-corrected chi connectivity index (χ2v) is 5.31. The standard InChI is InChI=1S/C8H8ClNO3S/c1-5(11)7-3-2-6(4-8(7)10)14(9,12)13/h2-4H,10H2,1H3. The lowest BCUT2D eigenvalue weighted by Crippen LogP contribution is -2.01. The normalized spacial score (nSPS) is 11.3. The van der Waals surface area contributed by atoms with Crippen molar-refractivity contribution in [2.24, 2.45) is 0 Å². The van der Waals surface area contributed by atoms with E-state index in [-0.39, 0.29) is 21.9 Å². The molecule has 0 spiro atoms. The van der Waals surface area contributed by atoms with Crippen LogP contribution in [0.2, 0.25) is 0 Å². The number of carbonyl (C=O) groups is 1. The van der Waals surface area contributed by atoms with Crippen molar-refractivity contribution in [3.8, 4) is 0 Å². The van der Waals surface area contributed by atoms with Crippen molar-refractivity contribution in [3.63, 3.8) is 0 Å². The number of benzene rings is 1. The quantitative estimate of drug-likeness (QED) is 0.476. The molecule has 0 radical (unpaired) electrons. The van der Waals surface area contributed by atoms with Gasteiger partial charge in [0.1, 0.15) is 0 Å². The molecule has 0 aromatic heterocycles. The van der Waals surface area contributed by atoms with E-state index in [1.165, 1.54) is 25.1 Å². The van der Waals surface area contributed by atoms with Crippen LogP contribution in [0, 0.1) is 0 Å². The molecule has 2 N–H and O–H groups in total. The lowest BCUT2D eigenvalue weighted by Gasteiger charge is -2.02. The number of hydrogen-bond donors (Lipinski definition) is 1. The minimum Gasteiger partial charge on any atom is -0.398 e. The summed E-state index contributed by atoms with van der Waals surface area (Å²) in [7, 11) is 1.31. The molecule has 76 valence electrons. The van der Waals surface area contributed by atoms with Crippen LogP contribution in [0.3, 0.4) is 0 Å². The third-order valence-corrected chi connectivity index (χ3v) is 3.04. The highest BCUT2D eigenvalue weighted by molar-refractivity contribution is 8.13. The molecule has 4 nitrogen and oxygen atoms in total. The smallest absolute Gasteiger partial charge is 0.261 e. The van der Waals surface area contributed by atoms with Crippen molar-refractivity contribution < 1.29 is 13.2 Å². The van der Waals surface area contributed by atoms with Gasteiger partial charge in [-0.05, 0) is 25.1 Å². The summed E-state index contributed by atoms with van der Waals surface area (Å²) in [6.45, 7) is 1.35. The van der Waals surface area contributed by atoms with Crippen LogP contribution >= 0.6 is 10.7 Å².